The first-order valence-corrected chi connectivity index (χ1v) is 5.33. The van der Waals surface area contributed by atoms with E-state index >= 15 is 0 Å². The van der Waals surface area contributed by atoms with E-state index in [-0.39, 0.29) is 5.82 Å². The van der Waals surface area contributed by atoms with Crippen molar-refractivity contribution >= 4 is 11.6 Å². The number of fused-ring (bicyclic) bond motifs is 1. The second-order valence-corrected chi connectivity index (χ2v) is 4.32. The van der Waals surface area contributed by atoms with E-state index in [1.807, 2.05) is 0 Å². The molecule has 92 valence electrons. The third kappa shape index (κ3) is 2.60. The molecule has 1 aliphatic rings. The minimum absolute atomic E-state index is 0.341. The quantitative estimate of drug-likeness (QED) is 0.782. The van der Waals surface area contributed by atoms with Gasteiger partial charge in [0.2, 0.25) is 5.91 Å². The van der Waals surface area contributed by atoms with E-state index in [9.17, 15) is 18.0 Å². The molecule has 0 atom stereocenters. The molecule has 0 N–H and O–H groups in total. The van der Waals surface area contributed by atoms with Gasteiger partial charge in [0.25, 0.3) is 5.92 Å². The predicted octanol–water partition coefficient (Wildman–Crippen LogP) is 2.76. The maximum atomic E-state index is 12.9. The minimum atomic E-state index is -3.01. The minimum Gasteiger partial charge on any atom is -0.312 e. The van der Waals surface area contributed by atoms with Gasteiger partial charge in [0.15, 0.2) is 0 Å². The summed E-state index contributed by atoms with van der Waals surface area (Å²) in [6.45, 7) is 1.06. The Hall–Kier alpha value is -1.52. The van der Waals surface area contributed by atoms with Gasteiger partial charge in [-0.05, 0) is 37.1 Å². The molecule has 0 bridgehead atoms. The molecule has 1 heterocycles. The Morgan fingerprint density at radius 2 is 2.18 bits per heavy atom. The number of benzene rings is 1. The van der Waals surface area contributed by atoms with E-state index in [0.29, 0.717) is 31.1 Å². The summed E-state index contributed by atoms with van der Waals surface area (Å²) in [7, 11) is 0. The summed E-state index contributed by atoms with van der Waals surface area (Å²) in [4.78, 5) is 13.0. The van der Waals surface area contributed by atoms with Crippen LogP contribution in [-0.4, -0.2) is 18.4 Å². The van der Waals surface area contributed by atoms with Crippen LogP contribution in [0.2, 0.25) is 0 Å². The van der Waals surface area contributed by atoms with Crippen molar-refractivity contribution in [3.63, 3.8) is 0 Å². The van der Waals surface area contributed by atoms with Gasteiger partial charge in [-0.1, -0.05) is 0 Å². The van der Waals surface area contributed by atoms with Gasteiger partial charge in [-0.25, -0.2) is 13.2 Å². The summed E-state index contributed by atoms with van der Waals surface area (Å²) in [5, 5.41) is 0. The van der Waals surface area contributed by atoms with Crippen LogP contribution in [0.4, 0.5) is 18.9 Å². The number of alkyl halides is 2. The fourth-order valence-corrected chi connectivity index (χ4v) is 1.99. The highest BCUT2D eigenvalue weighted by Gasteiger charge is 2.32. The molecular weight excluding hydrogens is 231 g/mol. The second kappa shape index (κ2) is 4.05. The standard InChI is InChI=1S/C12H12F3NO/c1-12(14,15)7-11(17)16-5-4-8-6-9(13)2-3-10(8)16/h2-3,6H,4-5,7H2,1H3. The van der Waals surface area contributed by atoms with E-state index < -0.39 is 18.3 Å². The van der Waals surface area contributed by atoms with Crippen LogP contribution in [0.15, 0.2) is 18.2 Å². The molecule has 0 radical (unpaired) electrons. The van der Waals surface area contributed by atoms with Crippen molar-refractivity contribution in [2.75, 3.05) is 11.4 Å². The number of carbonyl (C=O) groups excluding carboxylic acids is 1. The number of rotatable bonds is 2. The third-order valence-corrected chi connectivity index (χ3v) is 2.70. The Balaban J connectivity index is 2.20. The zero-order chi connectivity index (χ0) is 12.6. The molecule has 0 saturated carbocycles. The van der Waals surface area contributed by atoms with E-state index in [2.05, 4.69) is 0 Å². The molecule has 1 aliphatic heterocycles. The topological polar surface area (TPSA) is 20.3 Å². The fourth-order valence-electron chi connectivity index (χ4n) is 1.99. The average molecular weight is 243 g/mol. The third-order valence-electron chi connectivity index (χ3n) is 2.70. The molecule has 0 unspecified atom stereocenters. The van der Waals surface area contributed by atoms with Crippen LogP contribution in [0.1, 0.15) is 18.9 Å². The van der Waals surface area contributed by atoms with Gasteiger partial charge < -0.3 is 4.90 Å². The van der Waals surface area contributed by atoms with Gasteiger partial charge in [-0.15, -0.1) is 0 Å². The van der Waals surface area contributed by atoms with Crippen molar-refractivity contribution in [2.24, 2.45) is 0 Å². The first-order chi connectivity index (χ1) is 7.87. The summed E-state index contributed by atoms with van der Waals surface area (Å²) in [5.41, 5.74) is 1.23. The molecule has 2 nitrogen and oxygen atoms in total. The Morgan fingerprint density at radius 3 is 2.82 bits per heavy atom. The Labute approximate surface area is 97.0 Å². The first kappa shape index (κ1) is 12.0. The van der Waals surface area contributed by atoms with Gasteiger partial charge in [0, 0.05) is 12.2 Å². The number of anilines is 1. The molecule has 17 heavy (non-hydrogen) atoms. The van der Waals surface area contributed by atoms with Crippen molar-refractivity contribution in [1.82, 2.24) is 0 Å². The summed E-state index contributed by atoms with van der Waals surface area (Å²) >= 11 is 0. The zero-order valence-corrected chi connectivity index (χ0v) is 9.34. The highest BCUT2D eigenvalue weighted by atomic mass is 19.3. The van der Waals surface area contributed by atoms with Crippen molar-refractivity contribution in [2.45, 2.75) is 25.7 Å². The lowest BCUT2D eigenvalue weighted by molar-refractivity contribution is -0.124. The van der Waals surface area contributed by atoms with Crippen LogP contribution in [0, 0.1) is 5.82 Å². The average Bonchev–Trinajstić information content (AvgIpc) is 2.57. The van der Waals surface area contributed by atoms with Crippen LogP contribution in [0.25, 0.3) is 0 Å². The second-order valence-electron chi connectivity index (χ2n) is 4.32. The normalized spacial score (nSPS) is 14.9. The maximum absolute atomic E-state index is 12.9. The number of amides is 1. The number of halogens is 3. The van der Waals surface area contributed by atoms with E-state index in [0.717, 1.165) is 0 Å². The zero-order valence-electron chi connectivity index (χ0n) is 9.34. The largest absolute Gasteiger partial charge is 0.312 e. The summed E-state index contributed by atoms with van der Waals surface area (Å²) in [5.74, 6) is -4.01. The first-order valence-electron chi connectivity index (χ1n) is 5.33. The fraction of sp³-hybridized carbons (Fsp3) is 0.417. The van der Waals surface area contributed by atoms with Gasteiger partial charge in [0.1, 0.15) is 5.82 Å². The Kier molecular flexibility index (Phi) is 2.85. The van der Waals surface area contributed by atoms with Crippen molar-refractivity contribution in [3.8, 4) is 0 Å². The van der Waals surface area contributed by atoms with Gasteiger partial charge in [-0.2, -0.15) is 0 Å². The molecule has 5 heteroatoms. The summed E-state index contributed by atoms with van der Waals surface area (Å²) in [6.07, 6.45) is -0.308. The van der Waals surface area contributed by atoms with Crippen LogP contribution in [0.5, 0.6) is 0 Å². The van der Waals surface area contributed by atoms with Crippen LogP contribution >= 0.6 is 0 Å². The highest BCUT2D eigenvalue weighted by molar-refractivity contribution is 5.95. The van der Waals surface area contributed by atoms with Gasteiger partial charge >= 0.3 is 0 Å². The lowest BCUT2D eigenvalue weighted by Gasteiger charge is -2.19. The predicted molar refractivity (Wildman–Crippen MR) is 57.7 cm³/mol. The van der Waals surface area contributed by atoms with E-state index in [4.69, 9.17) is 0 Å². The molecule has 2 rings (SSSR count). The molecule has 0 saturated heterocycles. The SMILES string of the molecule is CC(F)(F)CC(=O)N1CCc2cc(F)ccc21. The lowest BCUT2D eigenvalue weighted by Crippen LogP contribution is -2.33. The van der Waals surface area contributed by atoms with Crippen LogP contribution < -0.4 is 4.90 Å². The van der Waals surface area contributed by atoms with Gasteiger partial charge in [-0.3, -0.25) is 4.79 Å². The lowest BCUT2D eigenvalue weighted by atomic mass is 10.1. The van der Waals surface area contributed by atoms with Crippen molar-refractivity contribution < 1.29 is 18.0 Å². The monoisotopic (exact) mass is 243 g/mol. The molecule has 0 spiro atoms. The Morgan fingerprint density at radius 1 is 1.47 bits per heavy atom. The number of hydrogen-bond donors (Lipinski definition) is 0. The maximum Gasteiger partial charge on any atom is 0.254 e. The molecular formula is C12H12F3NO. The number of nitrogens with zero attached hydrogens (tertiary/aromatic N) is 1. The summed E-state index contributed by atoms with van der Waals surface area (Å²) < 4.78 is 38.5. The Bertz CT molecular complexity index is 454. The number of hydrogen-bond acceptors (Lipinski definition) is 1. The molecule has 0 fully saturated rings. The van der Waals surface area contributed by atoms with Crippen molar-refractivity contribution in [1.29, 1.82) is 0 Å². The smallest absolute Gasteiger partial charge is 0.254 e. The van der Waals surface area contributed by atoms with Crippen molar-refractivity contribution in [3.05, 3.63) is 29.6 Å². The van der Waals surface area contributed by atoms with Crippen LogP contribution in [0.3, 0.4) is 0 Å². The molecule has 1 aromatic carbocycles. The van der Waals surface area contributed by atoms with E-state index in [1.165, 1.54) is 23.1 Å². The molecule has 1 aromatic rings. The van der Waals surface area contributed by atoms with Gasteiger partial charge in [0.05, 0.1) is 6.42 Å². The van der Waals surface area contributed by atoms with Crippen LogP contribution in [-0.2, 0) is 11.2 Å². The molecule has 0 aliphatic carbocycles. The highest BCUT2D eigenvalue weighted by Crippen LogP contribution is 2.30. The number of carbonyl (C=O) groups is 1. The molecule has 1 amide bonds. The van der Waals surface area contributed by atoms with E-state index in [1.54, 1.807) is 0 Å². The summed E-state index contributed by atoms with van der Waals surface area (Å²) in [6, 6.07) is 4.03. The molecule has 0 aromatic heterocycles.